The molecule has 18 heavy (non-hydrogen) atoms. The predicted octanol–water partition coefficient (Wildman–Crippen LogP) is 2.46. The Labute approximate surface area is 108 Å². The van der Waals surface area contributed by atoms with Gasteiger partial charge in [0.05, 0.1) is 12.5 Å². The zero-order valence-electron chi connectivity index (χ0n) is 11.1. The molecule has 1 unspecified atom stereocenters. The van der Waals surface area contributed by atoms with Gasteiger partial charge in [0.1, 0.15) is 0 Å². The first-order valence-electron chi connectivity index (χ1n) is 5.93. The SMILES string of the molecule is C#CCN(CC(C)C(=O)O)c1cc(C)cc(C)c1. The van der Waals surface area contributed by atoms with Crippen molar-refractivity contribution >= 4 is 11.7 Å². The number of carbonyl (C=O) groups is 1. The van der Waals surface area contributed by atoms with Crippen molar-refractivity contribution in [2.45, 2.75) is 20.8 Å². The fraction of sp³-hybridized carbons (Fsp3) is 0.400. The molecule has 1 aromatic carbocycles. The number of benzene rings is 1. The summed E-state index contributed by atoms with van der Waals surface area (Å²) in [5.41, 5.74) is 3.28. The summed E-state index contributed by atoms with van der Waals surface area (Å²) < 4.78 is 0. The van der Waals surface area contributed by atoms with E-state index in [4.69, 9.17) is 11.5 Å². The smallest absolute Gasteiger partial charge is 0.308 e. The number of aryl methyl sites for hydroxylation is 2. The van der Waals surface area contributed by atoms with Gasteiger partial charge in [-0.05, 0) is 37.1 Å². The van der Waals surface area contributed by atoms with Gasteiger partial charge >= 0.3 is 5.97 Å². The van der Waals surface area contributed by atoms with Crippen LogP contribution >= 0.6 is 0 Å². The largest absolute Gasteiger partial charge is 0.481 e. The van der Waals surface area contributed by atoms with E-state index in [1.165, 1.54) is 0 Å². The third-order valence-corrected chi connectivity index (χ3v) is 2.77. The number of carboxylic acids is 1. The Morgan fingerprint density at radius 1 is 1.39 bits per heavy atom. The molecule has 0 saturated carbocycles. The zero-order chi connectivity index (χ0) is 13.7. The Kier molecular flexibility index (Phi) is 4.79. The van der Waals surface area contributed by atoms with Gasteiger partial charge in [-0.15, -0.1) is 6.42 Å². The van der Waals surface area contributed by atoms with Gasteiger partial charge in [-0.25, -0.2) is 0 Å². The van der Waals surface area contributed by atoms with E-state index in [0.29, 0.717) is 13.1 Å². The van der Waals surface area contributed by atoms with Crippen LogP contribution in [-0.2, 0) is 4.79 Å². The average Bonchev–Trinajstić information content (AvgIpc) is 2.26. The fourth-order valence-corrected chi connectivity index (χ4v) is 1.91. The highest BCUT2D eigenvalue weighted by atomic mass is 16.4. The van der Waals surface area contributed by atoms with E-state index < -0.39 is 11.9 Å². The summed E-state index contributed by atoms with van der Waals surface area (Å²) in [7, 11) is 0. The minimum Gasteiger partial charge on any atom is -0.481 e. The summed E-state index contributed by atoms with van der Waals surface area (Å²) in [5, 5.41) is 8.98. The maximum Gasteiger partial charge on any atom is 0.308 e. The van der Waals surface area contributed by atoms with Gasteiger partial charge in [0.25, 0.3) is 0 Å². The second-order valence-electron chi connectivity index (χ2n) is 4.67. The van der Waals surface area contributed by atoms with Crippen molar-refractivity contribution in [3.05, 3.63) is 29.3 Å². The Morgan fingerprint density at radius 2 is 1.94 bits per heavy atom. The number of aliphatic carboxylic acids is 1. The molecule has 0 aliphatic heterocycles. The van der Waals surface area contributed by atoms with Crippen molar-refractivity contribution < 1.29 is 9.90 Å². The van der Waals surface area contributed by atoms with Crippen LogP contribution in [0.5, 0.6) is 0 Å². The number of terminal acetylenes is 1. The lowest BCUT2D eigenvalue weighted by atomic mass is 10.1. The first-order chi connectivity index (χ1) is 8.43. The molecule has 3 nitrogen and oxygen atoms in total. The van der Waals surface area contributed by atoms with Crippen LogP contribution in [0.4, 0.5) is 5.69 Å². The van der Waals surface area contributed by atoms with Gasteiger partial charge in [-0.1, -0.05) is 18.9 Å². The number of anilines is 1. The van der Waals surface area contributed by atoms with Crippen LogP contribution in [0.15, 0.2) is 18.2 Å². The van der Waals surface area contributed by atoms with Crippen LogP contribution in [0.1, 0.15) is 18.1 Å². The van der Waals surface area contributed by atoms with E-state index in [9.17, 15) is 4.79 Å². The summed E-state index contributed by atoms with van der Waals surface area (Å²) in [4.78, 5) is 12.9. The molecular formula is C15H19NO2. The van der Waals surface area contributed by atoms with Crippen LogP contribution in [-0.4, -0.2) is 24.2 Å². The summed E-state index contributed by atoms with van der Waals surface area (Å²) in [6.07, 6.45) is 5.36. The summed E-state index contributed by atoms with van der Waals surface area (Å²) in [6, 6.07) is 6.13. The first kappa shape index (κ1) is 14.1. The van der Waals surface area contributed by atoms with Gasteiger partial charge in [-0.2, -0.15) is 0 Å². The van der Waals surface area contributed by atoms with Crippen molar-refractivity contribution in [1.29, 1.82) is 0 Å². The normalized spacial score (nSPS) is 11.7. The monoisotopic (exact) mass is 245 g/mol. The molecule has 1 atom stereocenters. The topological polar surface area (TPSA) is 40.5 Å². The zero-order valence-corrected chi connectivity index (χ0v) is 11.1. The lowest BCUT2D eigenvalue weighted by Crippen LogP contribution is -2.32. The number of carboxylic acid groups (broad SMARTS) is 1. The highest BCUT2D eigenvalue weighted by Crippen LogP contribution is 2.19. The maximum atomic E-state index is 10.9. The second kappa shape index (κ2) is 6.11. The van der Waals surface area contributed by atoms with Crippen molar-refractivity contribution in [1.82, 2.24) is 0 Å². The van der Waals surface area contributed by atoms with Gasteiger partial charge in [-0.3, -0.25) is 4.79 Å². The molecular weight excluding hydrogens is 226 g/mol. The Morgan fingerprint density at radius 3 is 2.39 bits per heavy atom. The van der Waals surface area contributed by atoms with E-state index >= 15 is 0 Å². The molecule has 3 heteroatoms. The number of hydrogen-bond acceptors (Lipinski definition) is 2. The average molecular weight is 245 g/mol. The van der Waals surface area contributed by atoms with E-state index in [1.54, 1.807) is 6.92 Å². The highest BCUT2D eigenvalue weighted by Gasteiger charge is 2.16. The molecule has 0 saturated heterocycles. The van der Waals surface area contributed by atoms with Crippen molar-refractivity contribution in [3.8, 4) is 12.3 Å². The minimum absolute atomic E-state index is 0.417. The number of hydrogen-bond donors (Lipinski definition) is 1. The summed E-state index contributed by atoms with van der Waals surface area (Å²) in [5.74, 6) is 1.33. The Hall–Kier alpha value is -1.95. The van der Waals surface area contributed by atoms with Crippen molar-refractivity contribution in [2.75, 3.05) is 18.0 Å². The van der Waals surface area contributed by atoms with E-state index in [2.05, 4.69) is 12.0 Å². The molecule has 1 N–H and O–H groups in total. The standard InChI is InChI=1S/C15H19NO2/c1-5-6-16(10-13(4)15(17)18)14-8-11(2)7-12(3)9-14/h1,7-9,13H,6,10H2,2-4H3,(H,17,18). The predicted molar refractivity (Wildman–Crippen MR) is 73.8 cm³/mol. The van der Waals surface area contributed by atoms with E-state index in [1.807, 2.05) is 30.9 Å². The second-order valence-corrected chi connectivity index (χ2v) is 4.67. The molecule has 0 amide bonds. The highest BCUT2D eigenvalue weighted by molar-refractivity contribution is 5.70. The van der Waals surface area contributed by atoms with Crippen LogP contribution in [0, 0.1) is 32.1 Å². The number of nitrogens with zero attached hydrogens (tertiary/aromatic N) is 1. The van der Waals surface area contributed by atoms with Crippen LogP contribution in [0.2, 0.25) is 0 Å². The van der Waals surface area contributed by atoms with Crippen molar-refractivity contribution in [2.24, 2.45) is 5.92 Å². The molecule has 0 aromatic heterocycles. The molecule has 0 bridgehead atoms. The molecule has 0 radical (unpaired) electrons. The number of rotatable bonds is 5. The summed E-state index contributed by atoms with van der Waals surface area (Å²) in [6.45, 7) is 6.56. The molecule has 1 aromatic rings. The first-order valence-corrected chi connectivity index (χ1v) is 5.93. The van der Waals surface area contributed by atoms with Gasteiger partial charge in [0.2, 0.25) is 0 Å². The molecule has 0 spiro atoms. The van der Waals surface area contributed by atoms with Crippen LogP contribution in [0.3, 0.4) is 0 Å². The molecule has 0 aliphatic rings. The minimum atomic E-state index is -0.804. The van der Waals surface area contributed by atoms with E-state index in [-0.39, 0.29) is 0 Å². The third-order valence-electron chi connectivity index (χ3n) is 2.77. The van der Waals surface area contributed by atoms with Crippen LogP contribution < -0.4 is 4.90 Å². The lowest BCUT2D eigenvalue weighted by molar-refractivity contribution is -0.140. The van der Waals surface area contributed by atoms with Crippen LogP contribution in [0.25, 0.3) is 0 Å². The molecule has 0 aliphatic carbocycles. The Bertz CT molecular complexity index is 454. The van der Waals surface area contributed by atoms with Crippen molar-refractivity contribution in [3.63, 3.8) is 0 Å². The molecule has 96 valence electrons. The molecule has 0 fully saturated rings. The summed E-state index contributed by atoms with van der Waals surface area (Å²) >= 11 is 0. The third kappa shape index (κ3) is 3.81. The quantitative estimate of drug-likeness (QED) is 0.810. The lowest BCUT2D eigenvalue weighted by Gasteiger charge is -2.25. The van der Waals surface area contributed by atoms with Gasteiger partial charge in [0, 0.05) is 12.2 Å². The maximum absolute atomic E-state index is 10.9. The molecule has 0 heterocycles. The van der Waals surface area contributed by atoms with E-state index in [0.717, 1.165) is 16.8 Å². The fourth-order valence-electron chi connectivity index (χ4n) is 1.91. The molecule has 1 rings (SSSR count). The van der Waals surface area contributed by atoms with Gasteiger partial charge < -0.3 is 10.0 Å². The van der Waals surface area contributed by atoms with Gasteiger partial charge in [0.15, 0.2) is 0 Å². The Balaban J connectivity index is 2.97.